The predicted octanol–water partition coefficient (Wildman–Crippen LogP) is 15.5. The maximum absolute atomic E-state index is 2.52. The smallest absolute Gasteiger partial charge is 0.0626 e. The fourth-order valence-electron chi connectivity index (χ4n) is 8.89. The molecule has 0 bridgehead atoms. The minimum Gasteiger partial charge on any atom is -0.311 e. The van der Waals surface area contributed by atoms with Gasteiger partial charge in [-0.25, -0.2) is 0 Å². The third kappa shape index (κ3) is 5.66. The van der Waals surface area contributed by atoms with Crippen LogP contribution in [0.1, 0.15) is 0 Å². The van der Waals surface area contributed by atoms with Crippen molar-refractivity contribution in [2.24, 2.45) is 0 Å². The number of pyridine rings is 1. The topological polar surface area (TPSA) is 7.65 Å². The third-order valence-corrected chi connectivity index (χ3v) is 11.6. The molecule has 0 saturated carbocycles. The Morgan fingerprint density at radius 3 is 1.22 bits per heavy atom. The van der Waals surface area contributed by atoms with E-state index in [-0.39, 0.29) is 0 Å². The van der Waals surface area contributed by atoms with Crippen LogP contribution in [0.25, 0.3) is 82.6 Å². The van der Waals surface area contributed by atoms with Crippen LogP contribution in [0.5, 0.6) is 0 Å². The second-order valence-corrected chi connectivity index (χ2v) is 14.9. The Morgan fingerprint density at radius 1 is 0.259 bits per heavy atom. The van der Waals surface area contributed by atoms with E-state index in [1.165, 1.54) is 82.6 Å². The second kappa shape index (κ2) is 14.1. The van der Waals surface area contributed by atoms with Crippen LogP contribution in [0.3, 0.4) is 0 Å². The molecule has 0 N–H and O–H groups in total. The normalized spacial score (nSPS) is 11.4. The Labute approximate surface area is 338 Å². The molecule has 0 fully saturated rings. The van der Waals surface area contributed by atoms with Crippen LogP contribution in [-0.2, 0) is 0 Å². The first-order chi connectivity index (χ1) is 28.8. The number of aromatic nitrogens is 1. The fraction of sp³-hybridized carbons (Fsp3) is 0. The zero-order valence-electron chi connectivity index (χ0n) is 31.8. The molecular formula is C56H38N2. The van der Waals surface area contributed by atoms with Gasteiger partial charge in [-0.2, -0.15) is 0 Å². The molecule has 0 spiro atoms. The summed E-state index contributed by atoms with van der Waals surface area (Å²) in [5.74, 6) is 0. The van der Waals surface area contributed by atoms with Gasteiger partial charge in [-0.05, 0) is 81.2 Å². The van der Waals surface area contributed by atoms with Crippen molar-refractivity contribution >= 4 is 55.2 Å². The molecule has 2 aromatic heterocycles. The molecule has 0 aliphatic rings. The van der Waals surface area contributed by atoms with Gasteiger partial charge in [-0.1, -0.05) is 188 Å². The molecule has 2 heteroatoms. The van der Waals surface area contributed by atoms with Crippen molar-refractivity contribution in [3.05, 3.63) is 231 Å². The van der Waals surface area contributed by atoms with Crippen molar-refractivity contribution in [3.8, 4) is 44.5 Å². The fourth-order valence-corrected chi connectivity index (χ4v) is 8.89. The summed E-state index contributed by atoms with van der Waals surface area (Å²) in [6.45, 7) is 0. The highest BCUT2D eigenvalue weighted by atomic mass is 15.1. The van der Waals surface area contributed by atoms with Gasteiger partial charge in [0.15, 0.2) is 0 Å². The van der Waals surface area contributed by atoms with Crippen molar-refractivity contribution in [3.63, 3.8) is 0 Å². The molecule has 0 aliphatic heterocycles. The van der Waals surface area contributed by atoms with Crippen molar-refractivity contribution in [1.29, 1.82) is 0 Å². The van der Waals surface area contributed by atoms with Crippen LogP contribution in [0.4, 0.5) is 17.1 Å². The van der Waals surface area contributed by atoms with Crippen LogP contribution >= 0.6 is 0 Å². The van der Waals surface area contributed by atoms with E-state index in [0.29, 0.717) is 0 Å². The lowest BCUT2D eigenvalue weighted by molar-refractivity contribution is 1.28. The molecule has 0 amide bonds. The average molecular weight is 739 g/mol. The first-order valence-electron chi connectivity index (χ1n) is 19.9. The molecule has 0 aliphatic carbocycles. The van der Waals surface area contributed by atoms with Gasteiger partial charge in [-0.15, -0.1) is 0 Å². The molecule has 2 nitrogen and oxygen atoms in total. The lowest BCUT2D eigenvalue weighted by Crippen LogP contribution is -2.09. The minimum atomic E-state index is 1.09. The molecular weight excluding hydrogens is 701 g/mol. The van der Waals surface area contributed by atoms with Crippen LogP contribution in [0.2, 0.25) is 0 Å². The highest BCUT2D eigenvalue weighted by Gasteiger charge is 2.22. The lowest BCUT2D eigenvalue weighted by atomic mass is 9.97. The van der Waals surface area contributed by atoms with Gasteiger partial charge in [0.05, 0.1) is 16.6 Å². The Bertz CT molecular complexity index is 3140. The number of hydrogen-bond acceptors (Lipinski definition) is 1. The monoisotopic (exact) mass is 738 g/mol. The van der Waals surface area contributed by atoms with Crippen molar-refractivity contribution in [2.45, 2.75) is 0 Å². The molecule has 58 heavy (non-hydrogen) atoms. The van der Waals surface area contributed by atoms with E-state index >= 15 is 0 Å². The molecule has 0 radical (unpaired) electrons. The summed E-state index contributed by atoms with van der Waals surface area (Å²) in [5, 5.41) is 5.02. The van der Waals surface area contributed by atoms with Gasteiger partial charge in [0.2, 0.25) is 0 Å². The van der Waals surface area contributed by atoms with Crippen LogP contribution < -0.4 is 4.90 Å². The molecule has 11 rings (SSSR count). The van der Waals surface area contributed by atoms with Crippen molar-refractivity contribution in [1.82, 2.24) is 4.40 Å². The second-order valence-electron chi connectivity index (χ2n) is 14.9. The lowest BCUT2D eigenvalue weighted by Gasteiger charge is -2.26. The van der Waals surface area contributed by atoms with E-state index < -0.39 is 0 Å². The van der Waals surface area contributed by atoms with Gasteiger partial charge in [0.1, 0.15) is 0 Å². The third-order valence-electron chi connectivity index (χ3n) is 11.6. The molecule has 0 saturated heterocycles. The van der Waals surface area contributed by atoms with E-state index in [0.717, 1.165) is 17.1 Å². The first-order valence-corrected chi connectivity index (χ1v) is 19.9. The van der Waals surface area contributed by atoms with E-state index in [2.05, 4.69) is 240 Å². The maximum Gasteiger partial charge on any atom is 0.0626 e. The summed E-state index contributed by atoms with van der Waals surface area (Å²) >= 11 is 0. The van der Waals surface area contributed by atoms with Crippen molar-refractivity contribution < 1.29 is 0 Å². The zero-order chi connectivity index (χ0) is 38.4. The number of benzene rings is 9. The molecule has 2 heterocycles. The van der Waals surface area contributed by atoms with Crippen LogP contribution in [0.15, 0.2) is 231 Å². The summed E-state index contributed by atoms with van der Waals surface area (Å²) in [6.07, 6.45) is 0. The molecule has 0 atom stereocenters. The highest BCUT2D eigenvalue weighted by Crippen LogP contribution is 2.45. The van der Waals surface area contributed by atoms with Gasteiger partial charge in [0, 0.05) is 44.3 Å². The summed E-state index contributed by atoms with van der Waals surface area (Å²) in [7, 11) is 0. The Morgan fingerprint density at radius 2 is 0.672 bits per heavy atom. The van der Waals surface area contributed by atoms with Crippen molar-refractivity contribution in [2.75, 3.05) is 4.90 Å². The van der Waals surface area contributed by atoms with Gasteiger partial charge in [0.25, 0.3) is 0 Å². The first kappa shape index (κ1) is 33.6. The molecule has 9 aromatic carbocycles. The van der Waals surface area contributed by atoms with E-state index in [1.807, 2.05) is 0 Å². The number of rotatable bonds is 7. The number of hydrogen-bond donors (Lipinski definition) is 0. The number of para-hydroxylation sites is 2. The predicted molar refractivity (Wildman–Crippen MR) is 246 cm³/mol. The Balaban J connectivity index is 1.09. The van der Waals surface area contributed by atoms with Gasteiger partial charge < -0.3 is 9.30 Å². The number of anilines is 3. The van der Waals surface area contributed by atoms with Gasteiger partial charge in [-0.3, -0.25) is 0 Å². The van der Waals surface area contributed by atoms with E-state index in [1.54, 1.807) is 0 Å². The van der Waals surface area contributed by atoms with Crippen LogP contribution in [-0.4, -0.2) is 4.40 Å². The Kier molecular flexibility index (Phi) is 8.19. The van der Waals surface area contributed by atoms with E-state index in [9.17, 15) is 0 Å². The molecule has 272 valence electrons. The van der Waals surface area contributed by atoms with E-state index in [4.69, 9.17) is 0 Å². The zero-order valence-corrected chi connectivity index (χ0v) is 31.8. The molecule has 11 aromatic rings. The number of nitrogens with zero attached hydrogens (tertiary/aromatic N) is 2. The highest BCUT2D eigenvalue weighted by molar-refractivity contribution is 6.23. The SMILES string of the molecule is c1ccc(-c2ccc(N(c3ccc(-c4ccccc4)cc3)c3ccc(-c4cccc5c(-c6ccccc6)c6c7ccccc7c7ccccc7n6c45)cc3)cc2)cc1. The number of fused-ring (bicyclic) bond motifs is 8. The maximum atomic E-state index is 2.52. The minimum absolute atomic E-state index is 1.09. The largest absolute Gasteiger partial charge is 0.311 e. The quantitative estimate of drug-likeness (QED) is 0.148. The Hall–Kier alpha value is -7.68. The van der Waals surface area contributed by atoms with Crippen LogP contribution in [0, 0.1) is 0 Å². The summed E-state index contributed by atoms with van der Waals surface area (Å²) in [5.41, 5.74) is 16.6. The molecule has 0 unspecified atom stereocenters. The summed E-state index contributed by atoms with van der Waals surface area (Å²) in [4.78, 5) is 2.35. The summed E-state index contributed by atoms with van der Waals surface area (Å²) in [6, 6.07) is 83.5. The summed E-state index contributed by atoms with van der Waals surface area (Å²) < 4.78 is 2.52. The standard InChI is InChI=1S/C56H38N2/c1-4-15-39(16-5-1)41-27-33-45(34-28-41)57(46-35-29-42(30-36-46)40-17-6-2-7-18-40)47-37-31-43(32-38-47)48-24-14-25-52-54(44-19-8-3-9-20-44)56-51-23-11-10-21-49(51)50-22-12-13-26-53(50)58(56)55(48)52/h1-38H. The average Bonchev–Trinajstić information content (AvgIpc) is 3.67. The van der Waals surface area contributed by atoms with Gasteiger partial charge >= 0.3 is 0 Å².